The van der Waals surface area contributed by atoms with Gasteiger partial charge in [-0.15, -0.1) is 0 Å². The minimum Gasteiger partial charge on any atom is -0.358 e. The number of amidine groups is 1. The molecule has 3 aromatic carbocycles. The summed E-state index contributed by atoms with van der Waals surface area (Å²) in [6, 6.07) is 19.5. The number of nitrogens with zero attached hydrogens (tertiary/aromatic N) is 3. The van der Waals surface area contributed by atoms with Gasteiger partial charge in [-0.3, -0.25) is 14.7 Å². The second-order valence-corrected chi connectivity index (χ2v) is 9.09. The smallest absolute Gasteiger partial charge is 0.320 e. The first-order chi connectivity index (χ1) is 16.3. The molecule has 0 saturated carbocycles. The van der Waals surface area contributed by atoms with Crippen LogP contribution in [0.15, 0.2) is 82.3 Å². The van der Waals surface area contributed by atoms with Gasteiger partial charge in [-0.1, -0.05) is 45.7 Å². The molecular formula is C25H23BrClN5O2. The number of halogens is 2. The molecule has 0 saturated heterocycles. The van der Waals surface area contributed by atoms with Gasteiger partial charge in [0.2, 0.25) is 0 Å². The fourth-order valence-electron chi connectivity index (χ4n) is 3.86. The summed E-state index contributed by atoms with van der Waals surface area (Å²) in [5, 5.41) is 3.43. The molecule has 34 heavy (non-hydrogen) atoms. The fraction of sp³-hybridized carbons (Fsp3) is 0.160. The van der Waals surface area contributed by atoms with Crippen LogP contribution in [0.4, 0.5) is 16.2 Å². The number of primary amides is 1. The SMILES string of the molecule is CN1CCN=C1c1ccc(NC(=O)C(c2ccccc2Br)N(C(N)=O)c2ccc(Cl)cc2)cc1. The van der Waals surface area contributed by atoms with Gasteiger partial charge < -0.3 is 16.0 Å². The highest BCUT2D eigenvalue weighted by Crippen LogP contribution is 2.33. The van der Waals surface area contributed by atoms with Crippen molar-refractivity contribution in [1.82, 2.24) is 4.90 Å². The van der Waals surface area contributed by atoms with Gasteiger partial charge in [-0.25, -0.2) is 4.79 Å². The van der Waals surface area contributed by atoms with Gasteiger partial charge in [0.1, 0.15) is 11.9 Å². The van der Waals surface area contributed by atoms with Crippen molar-refractivity contribution in [2.75, 3.05) is 30.4 Å². The van der Waals surface area contributed by atoms with Crippen molar-refractivity contribution >= 4 is 56.7 Å². The number of urea groups is 1. The first-order valence-electron chi connectivity index (χ1n) is 10.6. The van der Waals surface area contributed by atoms with Crippen molar-refractivity contribution in [3.8, 4) is 0 Å². The van der Waals surface area contributed by atoms with Gasteiger partial charge in [0.15, 0.2) is 0 Å². The second kappa shape index (κ2) is 10.3. The Morgan fingerprint density at radius 3 is 2.35 bits per heavy atom. The second-order valence-electron chi connectivity index (χ2n) is 7.80. The van der Waals surface area contributed by atoms with E-state index in [2.05, 4.69) is 31.1 Å². The molecule has 174 valence electrons. The molecule has 3 aromatic rings. The van der Waals surface area contributed by atoms with E-state index in [0.717, 1.165) is 24.5 Å². The van der Waals surface area contributed by atoms with Gasteiger partial charge in [0.25, 0.3) is 5.91 Å². The van der Waals surface area contributed by atoms with Gasteiger partial charge >= 0.3 is 6.03 Å². The Kier molecular flexibility index (Phi) is 7.19. The monoisotopic (exact) mass is 539 g/mol. The molecule has 1 unspecified atom stereocenters. The van der Waals surface area contributed by atoms with Crippen LogP contribution in [-0.4, -0.2) is 42.8 Å². The van der Waals surface area contributed by atoms with E-state index in [1.165, 1.54) is 4.90 Å². The van der Waals surface area contributed by atoms with Crippen LogP contribution >= 0.6 is 27.5 Å². The molecule has 3 N–H and O–H groups in total. The van der Waals surface area contributed by atoms with E-state index in [9.17, 15) is 9.59 Å². The molecular weight excluding hydrogens is 518 g/mol. The van der Waals surface area contributed by atoms with Crippen molar-refractivity contribution < 1.29 is 9.59 Å². The van der Waals surface area contributed by atoms with Gasteiger partial charge in [0, 0.05) is 40.0 Å². The quantitative estimate of drug-likeness (QED) is 0.458. The first-order valence-corrected chi connectivity index (χ1v) is 11.8. The number of aliphatic imine (C=N–C) groups is 1. The molecule has 0 aromatic heterocycles. The van der Waals surface area contributed by atoms with Crippen molar-refractivity contribution in [3.05, 3.63) is 93.4 Å². The number of hydrogen-bond donors (Lipinski definition) is 2. The number of nitrogens with two attached hydrogens (primary N) is 1. The normalized spacial score (nSPS) is 13.9. The summed E-state index contributed by atoms with van der Waals surface area (Å²) in [4.78, 5) is 34.1. The molecule has 0 bridgehead atoms. The van der Waals surface area contributed by atoms with E-state index in [4.69, 9.17) is 17.3 Å². The minimum atomic E-state index is -1.03. The molecule has 4 rings (SSSR count). The van der Waals surface area contributed by atoms with E-state index in [-0.39, 0.29) is 0 Å². The third-order valence-corrected chi connectivity index (χ3v) is 6.49. The highest BCUT2D eigenvalue weighted by atomic mass is 79.9. The van der Waals surface area contributed by atoms with Crippen LogP contribution in [0.2, 0.25) is 5.02 Å². The Morgan fingerprint density at radius 2 is 1.76 bits per heavy atom. The van der Waals surface area contributed by atoms with Crippen LogP contribution in [0, 0.1) is 0 Å². The molecule has 0 aliphatic carbocycles. The first kappa shape index (κ1) is 23.8. The van der Waals surface area contributed by atoms with Crippen LogP contribution in [0.1, 0.15) is 17.2 Å². The zero-order chi connectivity index (χ0) is 24.2. The van der Waals surface area contributed by atoms with Crippen LogP contribution in [0.5, 0.6) is 0 Å². The summed E-state index contributed by atoms with van der Waals surface area (Å²) in [5.74, 6) is 0.510. The van der Waals surface area contributed by atoms with Crippen LogP contribution in [0.25, 0.3) is 0 Å². The number of rotatable bonds is 6. The number of benzene rings is 3. The maximum Gasteiger partial charge on any atom is 0.320 e. The van der Waals surface area contributed by atoms with Crippen LogP contribution in [0.3, 0.4) is 0 Å². The summed E-state index contributed by atoms with van der Waals surface area (Å²) in [6.07, 6.45) is 0. The predicted molar refractivity (Wildman–Crippen MR) is 140 cm³/mol. The molecule has 3 amide bonds. The highest BCUT2D eigenvalue weighted by molar-refractivity contribution is 9.10. The van der Waals surface area contributed by atoms with Crippen molar-refractivity contribution in [2.24, 2.45) is 10.7 Å². The number of carbonyl (C=O) groups is 2. The molecule has 7 nitrogen and oxygen atoms in total. The Morgan fingerprint density at radius 1 is 1.09 bits per heavy atom. The molecule has 0 fully saturated rings. The Labute approximate surface area is 211 Å². The zero-order valence-electron chi connectivity index (χ0n) is 18.4. The number of hydrogen-bond acceptors (Lipinski definition) is 4. The largest absolute Gasteiger partial charge is 0.358 e. The number of amides is 3. The molecule has 1 aliphatic rings. The molecule has 1 atom stereocenters. The maximum absolute atomic E-state index is 13.6. The third kappa shape index (κ3) is 5.08. The Balaban J connectivity index is 1.67. The van der Waals surface area contributed by atoms with E-state index in [1.54, 1.807) is 36.4 Å². The summed E-state index contributed by atoms with van der Waals surface area (Å²) < 4.78 is 0.674. The summed E-state index contributed by atoms with van der Waals surface area (Å²) in [7, 11) is 2.00. The topological polar surface area (TPSA) is 91.0 Å². The zero-order valence-corrected chi connectivity index (χ0v) is 20.8. The summed E-state index contributed by atoms with van der Waals surface area (Å²) in [5.41, 5.74) is 8.37. The van der Waals surface area contributed by atoms with E-state index in [0.29, 0.717) is 26.4 Å². The predicted octanol–water partition coefficient (Wildman–Crippen LogP) is 5.06. The summed E-state index contributed by atoms with van der Waals surface area (Å²) in [6.45, 7) is 1.65. The lowest BCUT2D eigenvalue weighted by molar-refractivity contribution is -0.117. The average Bonchev–Trinajstić information content (AvgIpc) is 3.25. The summed E-state index contributed by atoms with van der Waals surface area (Å²) >= 11 is 9.53. The number of likely N-dealkylation sites (N-methyl/N-ethyl adjacent to an activating group) is 1. The Bertz CT molecular complexity index is 1230. The maximum atomic E-state index is 13.6. The molecule has 9 heteroatoms. The van der Waals surface area contributed by atoms with Crippen LogP contribution in [-0.2, 0) is 4.79 Å². The van der Waals surface area contributed by atoms with E-state index >= 15 is 0 Å². The number of carbonyl (C=O) groups excluding carboxylic acids is 2. The lowest BCUT2D eigenvalue weighted by Gasteiger charge is -2.30. The van der Waals surface area contributed by atoms with Gasteiger partial charge in [-0.05, 0) is 60.2 Å². The molecule has 1 heterocycles. The molecule has 1 aliphatic heterocycles. The fourth-order valence-corrected chi connectivity index (χ4v) is 4.48. The molecule has 0 spiro atoms. The number of anilines is 2. The minimum absolute atomic E-state index is 0.413. The Hall–Kier alpha value is -3.36. The van der Waals surface area contributed by atoms with E-state index < -0.39 is 18.0 Å². The van der Waals surface area contributed by atoms with Crippen molar-refractivity contribution in [1.29, 1.82) is 0 Å². The number of nitrogens with one attached hydrogen (secondary N) is 1. The van der Waals surface area contributed by atoms with Crippen molar-refractivity contribution in [3.63, 3.8) is 0 Å². The lowest BCUT2D eigenvalue weighted by Crippen LogP contribution is -2.44. The van der Waals surface area contributed by atoms with Crippen molar-refractivity contribution in [2.45, 2.75) is 6.04 Å². The molecule has 0 radical (unpaired) electrons. The van der Waals surface area contributed by atoms with Gasteiger partial charge in [-0.2, -0.15) is 0 Å². The average molecular weight is 541 g/mol. The standard InChI is InChI=1S/C25H23BrClN5O2/c1-31-15-14-29-23(31)16-6-10-18(11-7-16)30-24(33)22(20-4-2-3-5-21(20)26)32(25(28)34)19-12-8-17(27)9-13-19/h2-13,22H,14-15H2,1H3,(H2,28,34)(H,30,33). The highest BCUT2D eigenvalue weighted by Gasteiger charge is 2.33. The lowest BCUT2D eigenvalue weighted by atomic mass is 10.0. The third-order valence-electron chi connectivity index (χ3n) is 5.52. The van der Waals surface area contributed by atoms with E-state index in [1.807, 2.05) is 43.4 Å². The van der Waals surface area contributed by atoms with Gasteiger partial charge in [0.05, 0.1) is 6.54 Å². The van der Waals surface area contributed by atoms with Crippen LogP contribution < -0.4 is 16.0 Å².